The van der Waals surface area contributed by atoms with E-state index in [4.69, 9.17) is 0 Å². The Morgan fingerprint density at radius 2 is 1.86 bits per heavy atom. The van der Waals surface area contributed by atoms with Crippen molar-refractivity contribution in [3.63, 3.8) is 0 Å². The molecule has 82 valence electrons. The number of hydrogen-bond donors (Lipinski definition) is 2. The largest absolute Gasteiger partial charge is 0.356 e. The molecule has 0 rings (SSSR count). The van der Waals surface area contributed by atoms with Crippen molar-refractivity contribution in [1.82, 2.24) is 10.6 Å². The molecule has 2 amide bonds. The van der Waals surface area contributed by atoms with Crippen LogP contribution in [0, 0.1) is 0 Å². The highest BCUT2D eigenvalue weighted by Crippen LogP contribution is 1.86. The van der Waals surface area contributed by atoms with Gasteiger partial charge in [0.15, 0.2) is 0 Å². The Labute approximate surface area is 85.4 Å². The van der Waals surface area contributed by atoms with Crippen LogP contribution in [0.25, 0.3) is 0 Å². The molecule has 0 aromatic carbocycles. The highest BCUT2D eigenvalue weighted by molar-refractivity contribution is 5.96. The molecule has 0 radical (unpaired) electrons. The molecular weight excluding hydrogens is 180 g/mol. The van der Waals surface area contributed by atoms with Gasteiger partial charge in [0.25, 0.3) is 0 Å². The van der Waals surface area contributed by atoms with Crippen LogP contribution in [-0.4, -0.2) is 24.4 Å². The molecule has 14 heavy (non-hydrogen) atoms. The Bertz CT molecular complexity index is 191. The molecule has 4 nitrogen and oxygen atoms in total. The third-order valence-corrected chi connectivity index (χ3v) is 1.62. The van der Waals surface area contributed by atoms with E-state index in [1.54, 1.807) is 0 Å². The minimum absolute atomic E-state index is 0.0676. The van der Waals surface area contributed by atoms with Gasteiger partial charge < -0.3 is 10.6 Å². The van der Waals surface area contributed by atoms with E-state index < -0.39 is 0 Å². The number of nitrogens with one attached hydrogen (secondary N) is 2. The van der Waals surface area contributed by atoms with Crippen LogP contribution in [0.1, 0.15) is 40.0 Å². The van der Waals surface area contributed by atoms with Crippen LogP contribution in [0.4, 0.5) is 0 Å². The number of amides is 2. The summed E-state index contributed by atoms with van der Waals surface area (Å²) < 4.78 is 0. The SMILES string of the molecule is CCCCNC(=O)CC(=O)NC(C)C. The monoisotopic (exact) mass is 200 g/mol. The quantitative estimate of drug-likeness (QED) is 0.492. The van der Waals surface area contributed by atoms with Gasteiger partial charge in [-0.25, -0.2) is 0 Å². The summed E-state index contributed by atoms with van der Waals surface area (Å²) in [7, 11) is 0. The molecule has 0 aliphatic carbocycles. The van der Waals surface area contributed by atoms with Crippen molar-refractivity contribution in [2.75, 3.05) is 6.54 Å². The topological polar surface area (TPSA) is 58.2 Å². The van der Waals surface area contributed by atoms with Gasteiger partial charge >= 0.3 is 0 Å². The number of carbonyl (C=O) groups is 2. The molecule has 4 heteroatoms. The first-order valence-electron chi connectivity index (χ1n) is 5.12. The number of unbranched alkanes of at least 4 members (excludes halogenated alkanes) is 1. The van der Waals surface area contributed by atoms with Crippen LogP contribution in [0.2, 0.25) is 0 Å². The van der Waals surface area contributed by atoms with Crippen LogP contribution in [0.5, 0.6) is 0 Å². The Morgan fingerprint density at radius 3 is 2.36 bits per heavy atom. The molecule has 0 spiro atoms. The molecular formula is C10H20N2O2. The number of carbonyl (C=O) groups excluding carboxylic acids is 2. The Balaban J connectivity index is 3.56. The van der Waals surface area contributed by atoms with Gasteiger partial charge in [0.1, 0.15) is 6.42 Å². The van der Waals surface area contributed by atoms with Gasteiger partial charge in [-0.15, -0.1) is 0 Å². The predicted octanol–water partition coefficient (Wildman–Crippen LogP) is 0.817. The van der Waals surface area contributed by atoms with E-state index in [1.165, 1.54) is 0 Å². The fourth-order valence-electron chi connectivity index (χ4n) is 0.986. The standard InChI is InChI=1S/C10H20N2O2/c1-4-5-6-11-9(13)7-10(14)12-8(2)3/h8H,4-7H2,1-3H3,(H,11,13)(H,12,14). The second-order valence-corrected chi connectivity index (χ2v) is 3.60. The van der Waals surface area contributed by atoms with Gasteiger partial charge in [-0.05, 0) is 20.3 Å². The van der Waals surface area contributed by atoms with Crippen LogP contribution >= 0.6 is 0 Å². The molecule has 0 aliphatic heterocycles. The third kappa shape index (κ3) is 7.58. The molecule has 0 saturated carbocycles. The molecule has 0 fully saturated rings. The van der Waals surface area contributed by atoms with Gasteiger partial charge in [0.05, 0.1) is 0 Å². The van der Waals surface area contributed by atoms with Gasteiger partial charge in [0.2, 0.25) is 11.8 Å². The minimum Gasteiger partial charge on any atom is -0.356 e. The first kappa shape index (κ1) is 12.9. The molecule has 0 aliphatic rings. The lowest BCUT2D eigenvalue weighted by Crippen LogP contribution is -2.35. The van der Waals surface area contributed by atoms with Crippen LogP contribution in [0.15, 0.2) is 0 Å². The van der Waals surface area contributed by atoms with Crippen LogP contribution < -0.4 is 10.6 Å². The fourth-order valence-corrected chi connectivity index (χ4v) is 0.986. The third-order valence-electron chi connectivity index (χ3n) is 1.62. The fraction of sp³-hybridized carbons (Fsp3) is 0.800. The van der Waals surface area contributed by atoms with Crippen molar-refractivity contribution >= 4 is 11.8 Å². The lowest BCUT2D eigenvalue weighted by Gasteiger charge is -2.08. The lowest BCUT2D eigenvalue weighted by molar-refractivity contribution is -0.129. The average Bonchev–Trinajstić information content (AvgIpc) is 2.02. The summed E-state index contributed by atoms with van der Waals surface area (Å²) in [5.74, 6) is -0.411. The normalized spacial score (nSPS) is 10.0. The molecule has 0 saturated heterocycles. The van der Waals surface area contributed by atoms with E-state index in [1.807, 2.05) is 13.8 Å². The predicted molar refractivity (Wildman–Crippen MR) is 55.8 cm³/mol. The van der Waals surface area contributed by atoms with Gasteiger partial charge in [-0.2, -0.15) is 0 Å². The van der Waals surface area contributed by atoms with Crippen molar-refractivity contribution in [2.24, 2.45) is 0 Å². The summed E-state index contributed by atoms with van der Waals surface area (Å²) >= 11 is 0. The van der Waals surface area contributed by atoms with Gasteiger partial charge in [0, 0.05) is 12.6 Å². The molecule has 0 heterocycles. The zero-order valence-electron chi connectivity index (χ0n) is 9.22. The number of hydrogen-bond acceptors (Lipinski definition) is 2. The van der Waals surface area contributed by atoms with Crippen molar-refractivity contribution in [1.29, 1.82) is 0 Å². The average molecular weight is 200 g/mol. The summed E-state index contributed by atoms with van der Waals surface area (Å²) in [5.41, 5.74) is 0. The second kappa shape index (κ2) is 7.35. The summed E-state index contributed by atoms with van der Waals surface area (Å²) in [6, 6.07) is 0.0888. The highest BCUT2D eigenvalue weighted by Gasteiger charge is 2.08. The van der Waals surface area contributed by atoms with E-state index in [0.29, 0.717) is 6.54 Å². The van der Waals surface area contributed by atoms with Crippen molar-refractivity contribution in [3.8, 4) is 0 Å². The van der Waals surface area contributed by atoms with E-state index in [2.05, 4.69) is 17.6 Å². The van der Waals surface area contributed by atoms with E-state index in [-0.39, 0.29) is 24.3 Å². The van der Waals surface area contributed by atoms with Crippen molar-refractivity contribution in [3.05, 3.63) is 0 Å². The first-order valence-corrected chi connectivity index (χ1v) is 5.12. The smallest absolute Gasteiger partial charge is 0.229 e. The second-order valence-electron chi connectivity index (χ2n) is 3.60. The zero-order chi connectivity index (χ0) is 11.0. The van der Waals surface area contributed by atoms with E-state index >= 15 is 0 Å². The number of rotatable bonds is 6. The van der Waals surface area contributed by atoms with E-state index in [0.717, 1.165) is 12.8 Å². The molecule has 0 atom stereocenters. The Hall–Kier alpha value is -1.06. The van der Waals surface area contributed by atoms with Crippen LogP contribution in [0.3, 0.4) is 0 Å². The summed E-state index contributed by atoms with van der Waals surface area (Å²) in [4.78, 5) is 22.3. The Morgan fingerprint density at radius 1 is 1.21 bits per heavy atom. The van der Waals surface area contributed by atoms with Gasteiger partial charge in [-0.1, -0.05) is 13.3 Å². The molecule has 0 bridgehead atoms. The maximum Gasteiger partial charge on any atom is 0.229 e. The summed E-state index contributed by atoms with van der Waals surface area (Å²) in [5, 5.41) is 5.35. The van der Waals surface area contributed by atoms with E-state index in [9.17, 15) is 9.59 Å². The Kier molecular flexibility index (Phi) is 6.80. The van der Waals surface area contributed by atoms with Gasteiger partial charge in [-0.3, -0.25) is 9.59 Å². The first-order chi connectivity index (χ1) is 6.56. The minimum atomic E-state index is -0.214. The maximum atomic E-state index is 11.1. The molecule has 0 aromatic rings. The molecule has 0 aromatic heterocycles. The highest BCUT2D eigenvalue weighted by atomic mass is 16.2. The zero-order valence-corrected chi connectivity index (χ0v) is 9.22. The summed E-state index contributed by atoms with van der Waals surface area (Å²) in [6.07, 6.45) is 1.93. The van der Waals surface area contributed by atoms with Crippen molar-refractivity contribution in [2.45, 2.75) is 46.1 Å². The maximum absolute atomic E-state index is 11.1. The summed E-state index contributed by atoms with van der Waals surface area (Å²) in [6.45, 7) is 6.45. The lowest BCUT2D eigenvalue weighted by atomic mass is 10.3. The van der Waals surface area contributed by atoms with Crippen LogP contribution in [-0.2, 0) is 9.59 Å². The molecule has 2 N–H and O–H groups in total. The van der Waals surface area contributed by atoms with Crippen molar-refractivity contribution < 1.29 is 9.59 Å². The molecule has 0 unspecified atom stereocenters.